The predicted molar refractivity (Wildman–Crippen MR) is 48.5 cm³/mol. The molecule has 0 aliphatic heterocycles. The molecule has 0 aromatic heterocycles. The summed E-state index contributed by atoms with van der Waals surface area (Å²) in [5, 5.41) is 10.8. The van der Waals surface area contributed by atoms with Crippen molar-refractivity contribution in [2.45, 2.75) is 25.3 Å². The number of hydrogen-bond acceptors (Lipinski definition) is 4. The molecule has 0 aromatic carbocycles. The summed E-state index contributed by atoms with van der Waals surface area (Å²) in [5.74, 6) is -1.69. The molecule has 0 aliphatic carbocycles. The van der Waals surface area contributed by atoms with Crippen LogP contribution in [0.5, 0.6) is 0 Å². The zero-order valence-corrected chi connectivity index (χ0v) is 7.73. The number of hydrogen-bond donors (Lipinski definition) is 3. The number of nitrogens with one attached hydrogen (secondary N) is 1. The molecule has 6 heteroatoms. The first-order valence-electron chi connectivity index (χ1n) is 4.29. The summed E-state index contributed by atoms with van der Waals surface area (Å²) in [6.45, 7) is 0.365. The highest BCUT2D eigenvalue weighted by Gasteiger charge is 2.09. The van der Waals surface area contributed by atoms with Crippen LogP contribution in [0, 0.1) is 0 Å². The quantitative estimate of drug-likeness (QED) is 0.275. The first-order chi connectivity index (χ1) is 6.57. The number of unbranched alkanes of at least 4 members (excludes halogenated alkanes) is 1. The standard InChI is InChI=1S/C8H14N2O4/c9-6(8(13)14)3-1-2-4-10-7(12)5-11/h5-6H,1-4,9H2,(H,10,12)(H,13,14)/t6-/m0/s1. The highest BCUT2D eigenvalue weighted by atomic mass is 16.4. The topological polar surface area (TPSA) is 109 Å². The molecule has 0 unspecified atom stereocenters. The third-order valence-corrected chi connectivity index (χ3v) is 1.67. The van der Waals surface area contributed by atoms with E-state index in [1.165, 1.54) is 0 Å². The number of aliphatic carboxylic acids is 1. The number of rotatable bonds is 7. The van der Waals surface area contributed by atoms with Gasteiger partial charge in [0, 0.05) is 6.54 Å². The minimum Gasteiger partial charge on any atom is -0.480 e. The highest BCUT2D eigenvalue weighted by Crippen LogP contribution is 1.97. The number of carboxylic acids is 1. The van der Waals surface area contributed by atoms with Gasteiger partial charge in [0.25, 0.3) is 5.91 Å². The average Bonchev–Trinajstić information content (AvgIpc) is 2.16. The Morgan fingerprint density at radius 3 is 2.57 bits per heavy atom. The second-order valence-electron chi connectivity index (χ2n) is 2.85. The Bertz CT molecular complexity index is 217. The van der Waals surface area contributed by atoms with Crippen molar-refractivity contribution < 1.29 is 19.5 Å². The van der Waals surface area contributed by atoms with E-state index in [2.05, 4.69) is 5.32 Å². The molecule has 0 heterocycles. The van der Waals surface area contributed by atoms with E-state index in [-0.39, 0.29) is 6.29 Å². The summed E-state index contributed by atoms with van der Waals surface area (Å²) in [7, 11) is 0. The van der Waals surface area contributed by atoms with Gasteiger partial charge < -0.3 is 16.2 Å². The van der Waals surface area contributed by atoms with Gasteiger partial charge in [-0.2, -0.15) is 0 Å². The maximum atomic E-state index is 10.4. The van der Waals surface area contributed by atoms with Gasteiger partial charge in [-0.15, -0.1) is 0 Å². The molecule has 0 rings (SSSR count). The Labute approximate surface area is 81.5 Å². The van der Waals surface area contributed by atoms with E-state index in [1.807, 2.05) is 0 Å². The smallest absolute Gasteiger partial charge is 0.320 e. The van der Waals surface area contributed by atoms with Crippen molar-refractivity contribution in [1.29, 1.82) is 0 Å². The van der Waals surface area contributed by atoms with Gasteiger partial charge in [0.2, 0.25) is 6.29 Å². The maximum absolute atomic E-state index is 10.4. The fourth-order valence-electron chi connectivity index (χ4n) is 0.866. The van der Waals surface area contributed by atoms with Crippen LogP contribution in [0.25, 0.3) is 0 Å². The Morgan fingerprint density at radius 1 is 1.43 bits per heavy atom. The van der Waals surface area contributed by atoms with Crippen molar-refractivity contribution in [2.75, 3.05) is 6.54 Å². The van der Waals surface area contributed by atoms with E-state index in [9.17, 15) is 14.4 Å². The van der Waals surface area contributed by atoms with Crippen LogP contribution in [-0.2, 0) is 14.4 Å². The number of amides is 1. The van der Waals surface area contributed by atoms with Crippen LogP contribution in [0.2, 0.25) is 0 Å². The summed E-state index contributed by atoms with van der Waals surface area (Å²) < 4.78 is 0. The lowest BCUT2D eigenvalue weighted by Crippen LogP contribution is -2.30. The van der Waals surface area contributed by atoms with Crippen LogP contribution >= 0.6 is 0 Å². The lowest BCUT2D eigenvalue weighted by molar-refractivity contribution is -0.138. The van der Waals surface area contributed by atoms with E-state index in [1.54, 1.807) is 0 Å². The zero-order chi connectivity index (χ0) is 11.0. The van der Waals surface area contributed by atoms with E-state index in [0.717, 1.165) is 0 Å². The molecule has 0 bridgehead atoms. The van der Waals surface area contributed by atoms with Crippen LogP contribution in [-0.4, -0.2) is 35.9 Å². The van der Waals surface area contributed by atoms with Crippen molar-refractivity contribution in [3.8, 4) is 0 Å². The van der Waals surface area contributed by atoms with Gasteiger partial charge in [0.15, 0.2) is 0 Å². The normalized spacial score (nSPS) is 11.8. The van der Waals surface area contributed by atoms with Gasteiger partial charge in [0.1, 0.15) is 6.04 Å². The number of nitrogens with two attached hydrogens (primary N) is 1. The molecule has 80 valence electrons. The van der Waals surface area contributed by atoms with Gasteiger partial charge >= 0.3 is 5.97 Å². The van der Waals surface area contributed by atoms with Gasteiger partial charge in [-0.05, 0) is 19.3 Å². The first-order valence-corrected chi connectivity index (χ1v) is 4.29. The SMILES string of the molecule is N[C@@H](CCCCNC(=O)C=O)C(=O)O. The van der Waals surface area contributed by atoms with Gasteiger partial charge in [-0.3, -0.25) is 14.4 Å². The van der Waals surface area contributed by atoms with E-state index in [4.69, 9.17) is 10.8 Å². The highest BCUT2D eigenvalue weighted by molar-refractivity contribution is 6.23. The van der Waals surface area contributed by atoms with Crippen molar-refractivity contribution >= 4 is 18.2 Å². The first kappa shape index (κ1) is 12.6. The maximum Gasteiger partial charge on any atom is 0.320 e. The Kier molecular flexibility index (Phi) is 6.30. The van der Waals surface area contributed by atoms with Crippen molar-refractivity contribution in [2.24, 2.45) is 5.73 Å². The Balaban J connectivity index is 3.34. The minimum atomic E-state index is -1.03. The van der Waals surface area contributed by atoms with Crippen molar-refractivity contribution in [3.63, 3.8) is 0 Å². The molecule has 0 spiro atoms. The molecule has 14 heavy (non-hydrogen) atoms. The predicted octanol–water partition coefficient (Wildman–Crippen LogP) is -1.12. The fraction of sp³-hybridized carbons (Fsp3) is 0.625. The molecule has 0 saturated heterocycles. The molecule has 4 N–H and O–H groups in total. The van der Waals surface area contributed by atoms with Gasteiger partial charge in [-0.1, -0.05) is 0 Å². The number of carbonyl (C=O) groups is 3. The van der Waals surface area contributed by atoms with Crippen LogP contribution in [0.1, 0.15) is 19.3 Å². The van der Waals surface area contributed by atoms with Crippen molar-refractivity contribution in [3.05, 3.63) is 0 Å². The molecule has 0 saturated carbocycles. The number of carbonyl (C=O) groups excluding carboxylic acids is 2. The summed E-state index contributed by atoms with van der Waals surface area (Å²) in [4.78, 5) is 30.6. The zero-order valence-electron chi connectivity index (χ0n) is 7.73. The Hall–Kier alpha value is -1.43. The lowest BCUT2D eigenvalue weighted by Gasteiger charge is -2.05. The molecule has 0 radical (unpaired) electrons. The third-order valence-electron chi connectivity index (χ3n) is 1.67. The van der Waals surface area contributed by atoms with Crippen LogP contribution in [0.4, 0.5) is 0 Å². The molecular weight excluding hydrogens is 188 g/mol. The lowest BCUT2D eigenvalue weighted by atomic mass is 10.1. The second-order valence-corrected chi connectivity index (χ2v) is 2.85. The van der Waals surface area contributed by atoms with E-state index < -0.39 is 17.9 Å². The molecule has 1 atom stereocenters. The monoisotopic (exact) mass is 202 g/mol. The summed E-state index contributed by atoms with van der Waals surface area (Å²) >= 11 is 0. The Morgan fingerprint density at radius 2 is 2.07 bits per heavy atom. The van der Waals surface area contributed by atoms with E-state index >= 15 is 0 Å². The van der Waals surface area contributed by atoms with Crippen molar-refractivity contribution in [1.82, 2.24) is 5.32 Å². The van der Waals surface area contributed by atoms with Crippen LogP contribution in [0.3, 0.4) is 0 Å². The third kappa shape index (κ3) is 6.13. The molecule has 0 fully saturated rings. The molecule has 0 aliphatic rings. The van der Waals surface area contributed by atoms with Gasteiger partial charge in [0.05, 0.1) is 0 Å². The summed E-state index contributed by atoms with van der Waals surface area (Å²) in [6, 6.07) is -0.850. The van der Waals surface area contributed by atoms with Crippen LogP contribution in [0.15, 0.2) is 0 Å². The molecular formula is C8H14N2O4. The fourth-order valence-corrected chi connectivity index (χ4v) is 0.866. The second kappa shape index (κ2) is 7.02. The molecule has 1 amide bonds. The van der Waals surface area contributed by atoms with E-state index in [0.29, 0.717) is 25.8 Å². The largest absolute Gasteiger partial charge is 0.480 e. The number of aldehydes is 1. The molecule has 6 nitrogen and oxygen atoms in total. The van der Waals surface area contributed by atoms with Gasteiger partial charge in [-0.25, -0.2) is 0 Å². The minimum absolute atomic E-state index is 0.197. The molecule has 0 aromatic rings. The average molecular weight is 202 g/mol. The number of carboxylic acid groups (broad SMARTS) is 1. The summed E-state index contributed by atoms with van der Waals surface area (Å²) in [5.41, 5.74) is 5.24. The van der Waals surface area contributed by atoms with Crippen LogP contribution < -0.4 is 11.1 Å². The summed E-state index contributed by atoms with van der Waals surface area (Å²) in [6.07, 6.45) is 1.78.